The van der Waals surface area contributed by atoms with Gasteiger partial charge in [0.05, 0.1) is 0 Å². The van der Waals surface area contributed by atoms with Crippen molar-refractivity contribution < 1.29 is 18.4 Å². The predicted octanol–water partition coefficient (Wildman–Crippen LogP) is 4.61. The standard InChI is InChI=1S/C18H14FNO3S/c1-12-16(11-22-17(21)9-8-15-3-2-10-24-15)20-23-18(12)13-4-6-14(19)7-5-13/h2-10H,11H2,1H3/b9-8+. The van der Waals surface area contributed by atoms with Crippen LogP contribution in [-0.2, 0) is 16.1 Å². The van der Waals surface area contributed by atoms with Crippen molar-refractivity contribution in [3.63, 3.8) is 0 Å². The third-order valence-corrected chi connectivity index (χ3v) is 4.24. The van der Waals surface area contributed by atoms with Crippen LogP contribution in [0.3, 0.4) is 0 Å². The zero-order chi connectivity index (χ0) is 16.9. The second-order valence-corrected chi connectivity index (χ2v) is 6.03. The Labute approximate surface area is 142 Å². The average molecular weight is 343 g/mol. The number of hydrogen-bond donors (Lipinski definition) is 0. The van der Waals surface area contributed by atoms with E-state index >= 15 is 0 Å². The van der Waals surface area contributed by atoms with E-state index in [1.807, 2.05) is 24.4 Å². The van der Waals surface area contributed by atoms with Crippen LogP contribution in [0.1, 0.15) is 16.1 Å². The molecule has 0 atom stereocenters. The number of halogens is 1. The molecule has 0 aliphatic heterocycles. The molecular formula is C18H14FNO3S. The monoisotopic (exact) mass is 343 g/mol. The summed E-state index contributed by atoms with van der Waals surface area (Å²) in [6.45, 7) is 1.84. The zero-order valence-electron chi connectivity index (χ0n) is 12.9. The molecule has 0 saturated heterocycles. The van der Waals surface area contributed by atoms with E-state index < -0.39 is 5.97 Å². The number of ether oxygens (including phenoxy) is 1. The minimum absolute atomic E-state index is 0.0180. The molecule has 0 bridgehead atoms. The van der Waals surface area contributed by atoms with Gasteiger partial charge in [-0.2, -0.15) is 0 Å². The highest BCUT2D eigenvalue weighted by Crippen LogP contribution is 2.26. The number of benzene rings is 1. The Balaban J connectivity index is 1.64. The fourth-order valence-corrected chi connectivity index (χ4v) is 2.72. The lowest BCUT2D eigenvalue weighted by molar-refractivity contribution is -0.139. The van der Waals surface area contributed by atoms with Crippen LogP contribution in [0.4, 0.5) is 4.39 Å². The summed E-state index contributed by atoms with van der Waals surface area (Å²) >= 11 is 1.54. The zero-order valence-corrected chi connectivity index (χ0v) is 13.7. The van der Waals surface area contributed by atoms with E-state index in [2.05, 4.69) is 5.16 Å². The maximum absolute atomic E-state index is 13.0. The topological polar surface area (TPSA) is 52.3 Å². The molecule has 0 fully saturated rings. The molecule has 0 aliphatic carbocycles. The van der Waals surface area contributed by atoms with E-state index in [9.17, 15) is 9.18 Å². The Morgan fingerprint density at radius 3 is 2.83 bits per heavy atom. The van der Waals surface area contributed by atoms with E-state index in [4.69, 9.17) is 9.26 Å². The third kappa shape index (κ3) is 3.78. The van der Waals surface area contributed by atoms with Crippen molar-refractivity contribution in [2.75, 3.05) is 0 Å². The summed E-state index contributed by atoms with van der Waals surface area (Å²) in [5, 5.41) is 5.86. The first-order valence-corrected chi connectivity index (χ1v) is 8.11. The van der Waals surface area contributed by atoms with Crippen LogP contribution in [0, 0.1) is 12.7 Å². The molecule has 0 amide bonds. The number of aromatic nitrogens is 1. The van der Waals surface area contributed by atoms with Gasteiger partial charge >= 0.3 is 5.97 Å². The quantitative estimate of drug-likeness (QED) is 0.501. The smallest absolute Gasteiger partial charge is 0.331 e. The summed E-state index contributed by atoms with van der Waals surface area (Å²) in [7, 11) is 0. The van der Waals surface area contributed by atoms with Gasteiger partial charge in [0.15, 0.2) is 5.76 Å². The number of rotatable bonds is 5. The maximum atomic E-state index is 13.0. The SMILES string of the molecule is Cc1c(COC(=O)/C=C/c2cccs2)noc1-c1ccc(F)cc1. The first-order valence-electron chi connectivity index (χ1n) is 7.23. The number of hydrogen-bond acceptors (Lipinski definition) is 5. The number of carbonyl (C=O) groups is 1. The van der Waals surface area contributed by atoms with Crippen LogP contribution < -0.4 is 0 Å². The number of esters is 1. The minimum Gasteiger partial charge on any atom is -0.456 e. The molecule has 4 nitrogen and oxygen atoms in total. The second-order valence-electron chi connectivity index (χ2n) is 5.05. The molecule has 0 unspecified atom stereocenters. The summed E-state index contributed by atoms with van der Waals surface area (Å²) in [6.07, 6.45) is 3.08. The first-order chi connectivity index (χ1) is 11.6. The molecule has 24 heavy (non-hydrogen) atoms. The van der Waals surface area contributed by atoms with Crippen LogP contribution in [0.15, 0.2) is 52.4 Å². The lowest BCUT2D eigenvalue weighted by atomic mass is 10.1. The van der Waals surface area contributed by atoms with Crippen LogP contribution in [-0.4, -0.2) is 11.1 Å². The molecular weight excluding hydrogens is 329 g/mol. The van der Waals surface area contributed by atoms with E-state index in [0.29, 0.717) is 11.5 Å². The van der Waals surface area contributed by atoms with Gasteiger partial charge in [0.2, 0.25) is 0 Å². The van der Waals surface area contributed by atoms with Crippen molar-refractivity contribution in [1.29, 1.82) is 0 Å². The van der Waals surface area contributed by atoms with Gasteiger partial charge in [0, 0.05) is 22.1 Å². The second kappa shape index (κ2) is 7.23. The maximum Gasteiger partial charge on any atom is 0.331 e. The summed E-state index contributed by atoms with van der Waals surface area (Å²) in [5.74, 6) is -0.230. The van der Waals surface area contributed by atoms with E-state index in [1.54, 1.807) is 18.2 Å². The number of nitrogens with zero attached hydrogens (tertiary/aromatic N) is 1. The largest absolute Gasteiger partial charge is 0.456 e. The summed E-state index contributed by atoms with van der Waals surface area (Å²) in [4.78, 5) is 12.7. The Morgan fingerprint density at radius 1 is 1.33 bits per heavy atom. The molecule has 0 N–H and O–H groups in total. The normalized spacial score (nSPS) is 11.1. The molecule has 122 valence electrons. The van der Waals surface area contributed by atoms with Crippen LogP contribution in [0.25, 0.3) is 17.4 Å². The Kier molecular flexibility index (Phi) is 4.86. The third-order valence-electron chi connectivity index (χ3n) is 3.41. The van der Waals surface area contributed by atoms with Crippen molar-refractivity contribution in [3.05, 3.63) is 69.8 Å². The van der Waals surface area contributed by atoms with Gasteiger partial charge in [0.1, 0.15) is 18.1 Å². The van der Waals surface area contributed by atoms with E-state index in [0.717, 1.165) is 16.0 Å². The van der Waals surface area contributed by atoms with E-state index in [1.165, 1.54) is 29.5 Å². The number of thiophene rings is 1. The molecule has 3 aromatic rings. The van der Waals surface area contributed by atoms with Gasteiger partial charge in [-0.15, -0.1) is 11.3 Å². The van der Waals surface area contributed by atoms with Gasteiger partial charge in [-0.25, -0.2) is 9.18 Å². The fraction of sp³-hybridized carbons (Fsp3) is 0.111. The van der Waals surface area contributed by atoms with Crippen molar-refractivity contribution in [2.45, 2.75) is 13.5 Å². The van der Waals surface area contributed by atoms with Gasteiger partial charge in [-0.05, 0) is 48.7 Å². The van der Waals surface area contributed by atoms with E-state index in [-0.39, 0.29) is 12.4 Å². The van der Waals surface area contributed by atoms with Gasteiger partial charge in [-0.3, -0.25) is 0 Å². The molecule has 2 aromatic heterocycles. The average Bonchev–Trinajstić information content (AvgIpc) is 3.22. The summed E-state index contributed by atoms with van der Waals surface area (Å²) in [5.41, 5.74) is 2.01. The molecule has 2 heterocycles. The van der Waals surface area contributed by atoms with Crippen molar-refractivity contribution >= 4 is 23.4 Å². The van der Waals surface area contributed by atoms with Crippen LogP contribution >= 0.6 is 11.3 Å². The first kappa shape index (κ1) is 16.1. The molecule has 3 rings (SSSR count). The number of carbonyl (C=O) groups excluding carboxylic acids is 1. The van der Waals surface area contributed by atoms with Gasteiger partial charge in [0.25, 0.3) is 0 Å². The summed E-state index contributed by atoms with van der Waals surface area (Å²) in [6, 6.07) is 9.75. The highest BCUT2D eigenvalue weighted by Gasteiger charge is 2.15. The fourth-order valence-electron chi connectivity index (χ4n) is 2.10. The highest BCUT2D eigenvalue weighted by molar-refractivity contribution is 7.10. The predicted molar refractivity (Wildman–Crippen MR) is 89.8 cm³/mol. The van der Waals surface area contributed by atoms with Gasteiger partial charge < -0.3 is 9.26 Å². The van der Waals surface area contributed by atoms with Crippen LogP contribution in [0.2, 0.25) is 0 Å². The summed E-state index contributed by atoms with van der Waals surface area (Å²) < 4.78 is 23.4. The Hall–Kier alpha value is -2.73. The minimum atomic E-state index is -0.450. The van der Waals surface area contributed by atoms with Gasteiger partial charge in [-0.1, -0.05) is 11.2 Å². The lowest BCUT2D eigenvalue weighted by Crippen LogP contribution is -2.01. The Bertz CT molecular complexity index is 851. The lowest BCUT2D eigenvalue weighted by Gasteiger charge is -2.00. The Morgan fingerprint density at radius 2 is 2.12 bits per heavy atom. The molecule has 0 aliphatic rings. The van der Waals surface area contributed by atoms with Crippen molar-refractivity contribution in [1.82, 2.24) is 5.16 Å². The molecule has 1 aromatic carbocycles. The highest BCUT2D eigenvalue weighted by atomic mass is 32.1. The van der Waals surface area contributed by atoms with Crippen LogP contribution in [0.5, 0.6) is 0 Å². The molecule has 0 spiro atoms. The molecule has 0 radical (unpaired) electrons. The van der Waals surface area contributed by atoms with Crippen molar-refractivity contribution in [2.24, 2.45) is 0 Å². The van der Waals surface area contributed by atoms with Crippen molar-refractivity contribution in [3.8, 4) is 11.3 Å². The molecule has 6 heteroatoms. The molecule has 0 saturated carbocycles.